The number of hydrogen-bond acceptors (Lipinski definition) is 2. The predicted octanol–water partition coefficient (Wildman–Crippen LogP) is 3.61. The SMILES string of the molecule is CCC1CCCCC1OCCNCCC(C)C. The van der Waals surface area contributed by atoms with Crippen LogP contribution in [-0.4, -0.2) is 25.8 Å². The second kappa shape index (κ2) is 8.93. The van der Waals surface area contributed by atoms with Gasteiger partial charge in [-0.2, -0.15) is 0 Å². The van der Waals surface area contributed by atoms with Gasteiger partial charge in [0.05, 0.1) is 12.7 Å². The Morgan fingerprint density at radius 3 is 2.65 bits per heavy atom. The smallest absolute Gasteiger partial charge is 0.0603 e. The molecular weight excluding hydrogens is 210 g/mol. The quantitative estimate of drug-likeness (QED) is 0.656. The lowest BCUT2D eigenvalue weighted by Gasteiger charge is -2.30. The third-order valence-corrected chi connectivity index (χ3v) is 3.87. The molecule has 0 spiro atoms. The van der Waals surface area contributed by atoms with E-state index in [0.717, 1.165) is 31.5 Å². The van der Waals surface area contributed by atoms with E-state index in [1.807, 2.05) is 0 Å². The van der Waals surface area contributed by atoms with E-state index in [-0.39, 0.29) is 0 Å². The van der Waals surface area contributed by atoms with E-state index in [4.69, 9.17) is 4.74 Å². The van der Waals surface area contributed by atoms with Crippen LogP contribution in [-0.2, 0) is 4.74 Å². The number of nitrogens with one attached hydrogen (secondary N) is 1. The molecule has 2 heteroatoms. The molecule has 0 radical (unpaired) electrons. The second-order valence-electron chi connectivity index (χ2n) is 5.79. The van der Waals surface area contributed by atoms with Crippen molar-refractivity contribution in [3.63, 3.8) is 0 Å². The molecule has 1 aliphatic rings. The fourth-order valence-corrected chi connectivity index (χ4v) is 2.66. The summed E-state index contributed by atoms with van der Waals surface area (Å²) in [5.74, 6) is 1.62. The van der Waals surface area contributed by atoms with Gasteiger partial charge in [0.15, 0.2) is 0 Å². The number of rotatable bonds is 8. The Morgan fingerprint density at radius 2 is 1.94 bits per heavy atom. The van der Waals surface area contributed by atoms with E-state index in [9.17, 15) is 0 Å². The molecule has 17 heavy (non-hydrogen) atoms. The second-order valence-corrected chi connectivity index (χ2v) is 5.79. The number of hydrogen-bond donors (Lipinski definition) is 1. The average Bonchev–Trinajstić information content (AvgIpc) is 2.33. The van der Waals surface area contributed by atoms with E-state index >= 15 is 0 Å². The molecule has 1 rings (SSSR count). The summed E-state index contributed by atoms with van der Waals surface area (Å²) in [6, 6.07) is 0. The Kier molecular flexibility index (Phi) is 7.87. The van der Waals surface area contributed by atoms with Gasteiger partial charge in [-0.3, -0.25) is 0 Å². The maximum absolute atomic E-state index is 6.03. The summed E-state index contributed by atoms with van der Waals surface area (Å²) in [6.07, 6.45) is 8.52. The first-order chi connectivity index (χ1) is 8.24. The van der Waals surface area contributed by atoms with Crippen LogP contribution in [0.2, 0.25) is 0 Å². The van der Waals surface area contributed by atoms with Crippen LogP contribution in [0.1, 0.15) is 59.3 Å². The molecule has 0 aromatic rings. The highest BCUT2D eigenvalue weighted by Gasteiger charge is 2.23. The van der Waals surface area contributed by atoms with Crippen molar-refractivity contribution in [1.82, 2.24) is 5.32 Å². The predicted molar refractivity (Wildman–Crippen MR) is 74.3 cm³/mol. The monoisotopic (exact) mass is 241 g/mol. The molecule has 0 aromatic carbocycles. The molecule has 0 bridgehead atoms. The Bertz CT molecular complexity index is 182. The topological polar surface area (TPSA) is 21.3 Å². The largest absolute Gasteiger partial charge is 0.377 e. The maximum atomic E-state index is 6.03. The van der Waals surface area contributed by atoms with Gasteiger partial charge in [-0.05, 0) is 37.6 Å². The Hall–Kier alpha value is -0.0800. The summed E-state index contributed by atoms with van der Waals surface area (Å²) in [6.45, 7) is 9.87. The van der Waals surface area contributed by atoms with Crippen LogP contribution < -0.4 is 5.32 Å². The number of ether oxygens (including phenoxy) is 1. The van der Waals surface area contributed by atoms with Crippen molar-refractivity contribution < 1.29 is 4.74 Å². The first-order valence-electron chi connectivity index (χ1n) is 7.56. The summed E-state index contributed by atoms with van der Waals surface area (Å²) in [5.41, 5.74) is 0. The van der Waals surface area contributed by atoms with Crippen LogP contribution in [0.25, 0.3) is 0 Å². The summed E-state index contributed by atoms with van der Waals surface area (Å²) in [5, 5.41) is 3.46. The average molecular weight is 241 g/mol. The molecule has 1 N–H and O–H groups in total. The molecule has 2 unspecified atom stereocenters. The lowest BCUT2D eigenvalue weighted by atomic mass is 9.85. The molecule has 1 saturated carbocycles. The van der Waals surface area contributed by atoms with Gasteiger partial charge in [-0.15, -0.1) is 0 Å². The van der Waals surface area contributed by atoms with Crippen molar-refractivity contribution in [3.8, 4) is 0 Å². The molecule has 0 aromatic heterocycles. The normalized spacial score (nSPS) is 25.4. The fourth-order valence-electron chi connectivity index (χ4n) is 2.66. The zero-order valence-corrected chi connectivity index (χ0v) is 12.0. The van der Waals surface area contributed by atoms with Crippen molar-refractivity contribution >= 4 is 0 Å². The van der Waals surface area contributed by atoms with Crippen LogP contribution in [0.4, 0.5) is 0 Å². The van der Waals surface area contributed by atoms with Crippen molar-refractivity contribution in [2.75, 3.05) is 19.7 Å². The molecule has 2 atom stereocenters. The zero-order chi connectivity index (χ0) is 12.5. The lowest BCUT2D eigenvalue weighted by molar-refractivity contribution is -0.0102. The summed E-state index contributed by atoms with van der Waals surface area (Å²) < 4.78 is 6.03. The molecular formula is C15H31NO. The van der Waals surface area contributed by atoms with E-state index in [0.29, 0.717) is 6.10 Å². The minimum Gasteiger partial charge on any atom is -0.377 e. The molecule has 0 amide bonds. The molecule has 2 nitrogen and oxygen atoms in total. The first-order valence-corrected chi connectivity index (χ1v) is 7.56. The Balaban J connectivity index is 2.01. The van der Waals surface area contributed by atoms with E-state index in [1.165, 1.54) is 38.5 Å². The van der Waals surface area contributed by atoms with E-state index in [2.05, 4.69) is 26.1 Å². The zero-order valence-electron chi connectivity index (χ0n) is 12.0. The van der Waals surface area contributed by atoms with Crippen LogP contribution in [0.5, 0.6) is 0 Å². The van der Waals surface area contributed by atoms with Crippen LogP contribution in [0.3, 0.4) is 0 Å². The highest BCUT2D eigenvalue weighted by atomic mass is 16.5. The van der Waals surface area contributed by atoms with Gasteiger partial charge in [0, 0.05) is 6.54 Å². The van der Waals surface area contributed by atoms with Gasteiger partial charge in [0.25, 0.3) is 0 Å². The third-order valence-electron chi connectivity index (χ3n) is 3.87. The van der Waals surface area contributed by atoms with Crippen LogP contribution in [0, 0.1) is 11.8 Å². The maximum Gasteiger partial charge on any atom is 0.0603 e. The van der Waals surface area contributed by atoms with E-state index in [1.54, 1.807) is 0 Å². The van der Waals surface area contributed by atoms with Crippen molar-refractivity contribution in [2.45, 2.75) is 65.4 Å². The first kappa shape index (κ1) is 15.0. The van der Waals surface area contributed by atoms with Gasteiger partial charge in [-0.1, -0.05) is 40.0 Å². The summed E-state index contributed by atoms with van der Waals surface area (Å²) in [4.78, 5) is 0. The molecule has 102 valence electrons. The Labute approximate surface area is 108 Å². The van der Waals surface area contributed by atoms with Crippen LogP contribution >= 0.6 is 0 Å². The minimum absolute atomic E-state index is 0.542. The van der Waals surface area contributed by atoms with Crippen molar-refractivity contribution in [3.05, 3.63) is 0 Å². The Morgan fingerprint density at radius 1 is 1.18 bits per heavy atom. The molecule has 0 saturated heterocycles. The van der Waals surface area contributed by atoms with Gasteiger partial charge in [-0.25, -0.2) is 0 Å². The third kappa shape index (κ3) is 6.42. The van der Waals surface area contributed by atoms with Gasteiger partial charge in [0.2, 0.25) is 0 Å². The molecule has 1 aliphatic carbocycles. The highest BCUT2D eigenvalue weighted by molar-refractivity contribution is 4.74. The van der Waals surface area contributed by atoms with Gasteiger partial charge < -0.3 is 10.1 Å². The van der Waals surface area contributed by atoms with Gasteiger partial charge >= 0.3 is 0 Å². The summed E-state index contributed by atoms with van der Waals surface area (Å²) >= 11 is 0. The van der Waals surface area contributed by atoms with E-state index < -0.39 is 0 Å². The summed E-state index contributed by atoms with van der Waals surface area (Å²) in [7, 11) is 0. The molecule has 0 heterocycles. The lowest BCUT2D eigenvalue weighted by Crippen LogP contribution is -2.30. The minimum atomic E-state index is 0.542. The van der Waals surface area contributed by atoms with Crippen molar-refractivity contribution in [2.24, 2.45) is 11.8 Å². The van der Waals surface area contributed by atoms with Crippen LogP contribution in [0.15, 0.2) is 0 Å². The standard InChI is InChI=1S/C15H31NO/c1-4-14-7-5-6-8-15(14)17-12-11-16-10-9-13(2)3/h13-16H,4-12H2,1-3H3. The van der Waals surface area contributed by atoms with Crippen molar-refractivity contribution in [1.29, 1.82) is 0 Å². The fraction of sp³-hybridized carbons (Fsp3) is 1.00. The molecule has 1 fully saturated rings. The molecule has 0 aliphatic heterocycles. The highest BCUT2D eigenvalue weighted by Crippen LogP contribution is 2.28. The van der Waals surface area contributed by atoms with Gasteiger partial charge in [0.1, 0.15) is 0 Å².